The zero-order valence-electron chi connectivity index (χ0n) is 77.7. The van der Waals surface area contributed by atoms with Gasteiger partial charge in [0.1, 0.15) is 59.3 Å². The number of aromatic nitrogens is 3. The number of aldehydes is 1. The van der Waals surface area contributed by atoms with Gasteiger partial charge < -0.3 is 62.1 Å². The van der Waals surface area contributed by atoms with Crippen LogP contribution in [-0.4, -0.2) is 173 Å². The first-order valence-electron chi connectivity index (χ1n) is 44.2. The van der Waals surface area contributed by atoms with Crippen LogP contribution in [0, 0.1) is 35.2 Å². The molecule has 3 unspecified atom stereocenters. The van der Waals surface area contributed by atoms with E-state index in [1.54, 1.807) is 72.8 Å². The van der Waals surface area contributed by atoms with Gasteiger partial charge in [-0.05, 0) is 197 Å². The van der Waals surface area contributed by atoms with Crippen molar-refractivity contribution in [1.29, 1.82) is 0 Å². The molecule has 134 heavy (non-hydrogen) atoms. The number of nitrogens with two attached hydrogens (primary N) is 1. The van der Waals surface area contributed by atoms with Gasteiger partial charge in [0.15, 0.2) is 0 Å². The molecule has 9 amide bonds. The van der Waals surface area contributed by atoms with Crippen molar-refractivity contribution in [3.8, 4) is 0 Å². The van der Waals surface area contributed by atoms with Crippen LogP contribution in [0.5, 0.6) is 0 Å². The van der Waals surface area contributed by atoms with Gasteiger partial charge in [-0.1, -0.05) is 189 Å². The summed E-state index contributed by atoms with van der Waals surface area (Å²) in [5.74, 6) is -0.481. The van der Waals surface area contributed by atoms with Gasteiger partial charge in [-0.3, -0.25) is 30.3 Å². The third-order valence-electron chi connectivity index (χ3n) is 24.6. The summed E-state index contributed by atoms with van der Waals surface area (Å²) < 4.78 is 78.8. The van der Waals surface area contributed by atoms with Crippen molar-refractivity contribution in [1.82, 2.24) is 39.7 Å². The van der Waals surface area contributed by atoms with Crippen LogP contribution in [0.25, 0.3) is 0 Å². The van der Waals surface area contributed by atoms with E-state index in [-0.39, 0.29) is 132 Å². The molecule has 10 atom stereocenters. The number of hydrogen-bond donors (Lipinski definition) is 9. The fourth-order valence-electron chi connectivity index (χ4n) is 16.7. The van der Waals surface area contributed by atoms with E-state index in [1.807, 2.05) is 99.6 Å². The summed E-state index contributed by atoms with van der Waals surface area (Å²) >= 11 is 17.7. The van der Waals surface area contributed by atoms with Crippen LogP contribution in [0.4, 0.5) is 62.1 Å². The summed E-state index contributed by atoms with van der Waals surface area (Å²) in [6.07, 6.45) is 17.0. The van der Waals surface area contributed by atoms with E-state index in [4.69, 9.17) is 59.5 Å². The van der Waals surface area contributed by atoms with Crippen LogP contribution in [0.3, 0.4) is 0 Å². The van der Waals surface area contributed by atoms with E-state index in [0.717, 1.165) is 67.1 Å². The first-order valence-corrected chi connectivity index (χ1v) is 46.5. The molecule has 10 N–H and O–H groups in total. The van der Waals surface area contributed by atoms with E-state index in [1.165, 1.54) is 105 Å². The summed E-state index contributed by atoms with van der Waals surface area (Å²) in [4.78, 5) is 106. The minimum absolute atomic E-state index is 0. The SMILES string of the molecule is CC=O.CCNC(CCC1CC1)(c1ccccc1)c1ccc(F)c(NC(=O)[C@H]2C[C@@H](OC)CN2C(=O)Nc2ccc(Cl)cn2)c1.CO[C@@H]1C[C@H](C(=O)Nc2cc(C(CCC3CC3)(N[S@](=O)C(C)(C)C)c3ccccc3)ccc2F)N(C(=O)Nc2ccc(Cl)cn2)C1.CO[C@@H]1C[C@H](C(=O)Nc2cc(C(N)(CCC3CC3)c3ccccc3)ccc2F)N(C(=O)Nc2ccc(Cl)cn2)C1.Cl.[B].[H-].[Na+]. The van der Waals surface area contributed by atoms with Crippen molar-refractivity contribution < 1.29 is 96.1 Å². The number of benzene rings is 6. The Kier molecular flexibility index (Phi) is 40.4. The van der Waals surface area contributed by atoms with Gasteiger partial charge in [0.2, 0.25) is 17.7 Å². The number of amides is 9. The maximum Gasteiger partial charge on any atom is 1.00 e. The molecule has 26 nitrogen and oxygen atoms in total. The number of nitrogens with zero attached hydrogens (tertiary/aromatic N) is 6. The molecule has 0 bridgehead atoms. The molecule has 6 aliphatic rings. The molecule has 15 rings (SSSR count). The molecule has 3 saturated heterocycles. The van der Waals surface area contributed by atoms with Crippen molar-refractivity contribution in [3.63, 3.8) is 0 Å². The number of methoxy groups -OCH3 is 3. The van der Waals surface area contributed by atoms with Crippen molar-refractivity contribution in [2.24, 2.45) is 23.5 Å². The summed E-state index contributed by atoms with van der Waals surface area (Å²) in [6.45, 7) is 10.5. The van der Waals surface area contributed by atoms with E-state index in [9.17, 15) is 33.0 Å². The molecule has 3 radical (unpaired) electrons. The average Bonchev–Trinajstić information content (AvgIpc) is 0.827. The maximum atomic E-state index is 15.5. The number of pyridine rings is 3. The van der Waals surface area contributed by atoms with E-state index in [0.29, 0.717) is 75.0 Å². The van der Waals surface area contributed by atoms with Crippen molar-refractivity contribution in [3.05, 3.63) is 266 Å². The Labute approximate surface area is 830 Å². The molecular formula is C98H117BCl4F3N15NaO11S. The topological polar surface area (TPSA) is 335 Å². The van der Waals surface area contributed by atoms with Gasteiger partial charge in [0, 0.05) is 87.2 Å². The molecule has 3 saturated carbocycles. The largest absolute Gasteiger partial charge is 1.00 e. The number of carbonyl (C=O) groups excluding carboxylic acids is 7. The number of nitrogens with one attached hydrogen (secondary N) is 8. The Morgan fingerprint density at radius 1 is 0.470 bits per heavy atom. The smallest absolute Gasteiger partial charge is 1.00 e. The standard InChI is InChI=1S/C34H41ClFN5O4S.C32H37ClFN5O3.C30H33ClFN5O3.C2H4O.B.ClH.Na.H/c1-33(2,3)46(44)40-34(17-16-22-10-11-22,23-8-6-5-7-9-23)24-12-14-27(36)28(18-24)38-31(42)29-19-26(45-4)21-41(29)32(43)39-30-15-13-25(35)20-37-30;1-3-36-32(16-15-21-9-10-21,22-7-5-4-6-8-22)23-11-13-26(34)27(17-23)37-30(40)28-18-25(42-2)20-39(28)31(41)38-29-14-12-24(33)19-35-29;1-40-23-16-26(37(18-23)29(39)36-27-12-10-22(31)17-34-27)28(38)35-25-15-21(9-11-24(25)32)30(33,14-13-19-7-8-19)20-5-3-2-4-6-20;1-2-3;;;;/h5-9,12-15,18,20,22,26,29,40H,10-11,16-17,19,21H2,1-4H3,(H,38,42)(H,37,39,43);4-8,11-14,17,19,21,25,28,36H,3,9-10,15-16,18,20H2,1-2H3,(H,37,40)(H,35,38,41);2-6,9-12,15,17,19,23,26H,7-8,13-14,16,18,33H2,1H3,(H,35,38)(H,34,36,39);2H,1H3;;1H;;/q;;;;;;+1;-1/t26-,29-,34?,46-;25-,28-,32?;23-,26-,30?;;;;;/m111...../s1. The maximum absolute atomic E-state index is 15.5. The summed E-state index contributed by atoms with van der Waals surface area (Å²) in [7, 11) is 3.11. The predicted molar refractivity (Wildman–Crippen MR) is 520 cm³/mol. The minimum Gasteiger partial charge on any atom is -1.00 e. The number of hydrogen-bond acceptors (Lipinski definition) is 16. The van der Waals surface area contributed by atoms with Gasteiger partial charge in [-0.2, -0.15) is 0 Å². The second-order valence-corrected chi connectivity index (χ2v) is 38.1. The van der Waals surface area contributed by atoms with Crippen LogP contribution in [0.15, 0.2) is 201 Å². The Hall–Kier alpha value is -9.42. The van der Waals surface area contributed by atoms with Gasteiger partial charge >= 0.3 is 47.7 Å². The third-order valence-corrected chi connectivity index (χ3v) is 26.9. The zero-order valence-corrected chi connectivity index (χ0v) is 82.6. The summed E-state index contributed by atoms with van der Waals surface area (Å²) in [6, 6.07) is 49.1. The molecule has 3 aliphatic carbocycles. The van der Waals surface area contributed by atoms with Crippen molar-refractivity contribution in [2.45, 2.75) is 189 Å². The molecule has 6 heterocycles. The first kappa shape index (κ1) is 108. The average molecular weight is 1950 g/mol. The molecular weight excluding hydrogens is 1830 g/mol. The number of ether oxygens (including phenoxy) is 3. The number of rotatable bonds is 31. The van der Waals surface area contributed by atoms with Gasteiger partial charge in [-0.15, -0.1) is 12.4 Å². The molecule has 709 valence electrons. The van der Waals surface area contributed by atoms with Crippen LogP contribution in [-0.2, 0) is 61.0 Å². The normalized spacial score (nSPS) is 19.2. The molecule has 36 heteroatoms. The number of halogens is 7. The molecule has 0 spiro atoms. The number of urea groups is 3. The van der Waals surface area contributed by atoms with Crippen LogP contribution in [0.2, 0.25) is 15.1 Å². The van der Waals surface area contributed by atoms with Crippen molar-refractivity contribution >= 4 is 143 Å². The van der Waals surface area contributed by atoms with Gasteiger partial charge in [0.05, 0.1) is 82.8 Å². The Bertz CT molecular complexity index is 5440. The summed E-state index contributed by atoms with van der Waals surface area (Å²) in [5, 5.41) is 21.3. The first-order chi connectivity index (χ1) is 62.9. The number of anilines is 6. The van der Waals surface area contributed by atoms with Crippen molar-refractivity contribution in [2.75, 3.05) is 79.4 Å². The number of carbonyl (C=O) groups is 7. The van der Waals surface area contributed by atoms with Gasteiger partial charge in [0.25, 0.3) is 0 Å². The second kappa shape index (κ2) is 50.1. The van der Waals surface area contributed by atoms with E-state index < -0.39 is 104 Å². The Morgan fingerprint density at radius 2 is 0.776 bits per heavy atom. The fraction of sp³-hybridized carbons (Fsp3) is 0.408. The molecule has 6 aromatic carbocycles. The van der Waals surface area contributed by atoms with Gasteiger partial charge in [-0.25, -0.2) is 51.4 Å². The van der Waals surface area contributed by atoms with Crippen LogP contribution in [0.1, 0.15) is 166 Å². The van der Waals surface area contributed by atoms with E-state index >= 15 is 13.2 Å². The molecule has 6 fully saturated rings. The zero-order chi connectivity index (χ0) is 93.7. The quantitative estimate of drug-likeness (QED) is 0.0144. The Morgan fingerprint density at radius 3 is 1.09 bits per heavy atom. The molecule has 3 aromatic heterocycles. The minimum atomic E-state index is -1.47. The van der Waals surface area contributed by atoms with Crippen LogP contribution < -0.4 is 77.2 Å². The monoisotopic (exact) mass is 1940 g/mol. The fourth-order valence-corrected chi connectivity index (χ4v) is 17.9. The van der Waals surface area contributed by atoms with Crippen LogP contribution >= 0.6 is 47.2 Å². The molecule has 3 aliphatic heterocycles. The summed E-state index contributed by atoms with van der Waals surface area (Å²) in [5.41, 5.74) is 9.97. The predicted octanol–water partition coefficient (Wildman–Crippen LogP) is 15.7. The second-order valence-electron chi connectivity index (χ2n) is 34.8. The molecule has 9 aromatic rings. The third kappa shape index (κ3) is 28.6. The Balaban J connectivity index is 0.000000242. The van der Waals surface area contributed by atoms with E-state index in [2.05, 4.69) is 75.9 Å². The number of likely N-dealkylation sites (tertiary alicyclic amines) is 3.